The average Bonchev–Trinajstić information content (AvgIpc) is 3.23. The Morgan fingerprint density at radius 3 is 2.68 bits per heavy atom. The van der Waals surface area contributed by atoms with Crippen molar-refractivity contribution in [3.05, 3.63) is 71.5 Å². The largest absolute Gasteiger partial charge is 0.486 e. The molecular weight excluding hydrogens is 444 g/mol. The molecule has 0 radical (unpaired) electrons. The van der Waals surface area contributed by atoms with Gasteiger partial charge in [0.05, 0.1) is 11.3 Å². The van der Waals surface area contributed by atoms with Crippen LogP contribution in [-0.2, 0) is 24.4 Å². The van der Waals surface area contributed by atoms with E-state index in [2.05, 4.69) is 58.2 Å². The number of aryl methyl sites for hydroxylation is 1. The fourth-order valence-electron chi connectivity index (χ4n) is 4.19. The summed E-state index contributed by atoms with van der Waals surface area (Å²) >= 11 is 1.46. The molecule has 2 unspecified atom stereocenters. The lowest BCUT2D eigenvalue weighted by atomic mass is 9.88. The second kappa shape index (κ2) is 11.6. The van der Waals surface area contributed by atoms with E-state index in [1.54, 1.807) is 0 Å². The molecule has 0 saturated carbocycles. The maximum absolute atomic E-state index is 13.1. The van der Waals surface area contributed by atoms with Crippen molar-refractivity contribution < 1.29 is 9.53 Å². The standard InChI is InChI=1S/C27H34N4O2S/c1-19(2)16-17-31-25(18-33-22-12-5-4-6-13-22)29-30-27(31)34-20(3)26(32)28-24-15-9-11-21-10-7-8-14-23(21)24/h4-8,10,12-14,19-20,24H,9,11,15-18H2,1-3H3,(H,28,32). The van der Waals surface area contributed by atoms with Gasteiger partial charge >= 0.3 is 0 Å². The number of nitrogens with zero attached hydrogens (tertiary/aromatic N) is 3. The van der Waals surface area contributed by atoms with E-state index in [0.29, 0.717) is 12.5 Å². The first kappa shape index (κ1) is 24.3. The van der Waals surface area contributed by atoms with Crippen molar-refractivity contribution >= 4 is 17.7 Å². The Kier molecular flexibility index (Phi) is 8.27. The van der Waals surface area contributed by atoms with Crippen LogP contribution in [0.15, 0.2) is 59.8 Å². The number of fused-ring (bicyclic) bond motifs is 1. The normalized spacial score (nSPS) is 16.2. The fourth-order valence-corrected chi connectivity index (χ4v) is 5.10. The maximum Gasteiger partial charge on any atom is 0.233 e. The molecule has 1 N–H and O–H groups in total. The van der Waals surface area contributed by atoms with E-state index >= 15 is 0 Å². The molecule has 3 aromatic rings. The van der Waals surface area contributed by atoms with E-state index in [9.17, 15) is 4.79 Å². The molecule has 0 fully saturated rings. The first-order valence-electron chi connectivity index (χ1n) is 12.2. The van der Waals surface area contributed by atoms with Gasteiger partial charge in [0, 0.05) is 6.54 Å². The number of hydrogen-bond acceptors (Lipinski definition) is 5. The number of para-hydroxylation sites is 1. The fraction of sp³-hybridized carbons (Fsp3) is 0.444. The van der Waals surface area contributed by atoms with Crippen LogP contribution in [0.1, 0.15) is 63.0 Å². The summed E-state index contributed by atoms with van der Waals surface area (Å²) in [5.41, 5.74) is 2.59. The average molecular weight is 479 g/mol. The highest BCUT2D eigenvalue weighted by Crippen LogP contribution is 2.31. The molecule has 2 aromatic carbocycles. The quantitative estimate of drug-likeness (QED) is 0.385. The molecule has 4 rings (SSSR count). The highest BCUT2D eigenvalue weighted by atomic mass is 32.2. The summed E-state index contributed by atoms with van der Waals surface area (Å²) in [7, 11) is 0. The Hall–Kier alpha value is -2.80. The minimum Gasteiger partial charge on any atom is -0.486 e. The molecule has 6 nitrogen and oxygen atoms in total. The summed E-state index contributed by atoms with van der Waals surface area (Å²) in [6.07, 6.45) is 4.16. The third kappa shape index (κ3) is 6.20. The van der Waals surface area contributed by atoms with Gasteiger partial charge in [0.2, 0.25) is 5.91 Å². The number of carbonyl (C=O) groups is 1. The third-order valence-corrected chi connectivity index (χ3v) is 7.25. The topological polar surface area (TPSA) is 69.0 Å². The first-order valence-corrected chi connectivity index (χ1v) is 13.0. The van der Waals surface area contributed by atoms with Crippen molar-refractivity contribution in [2.24, 2.45) is 5.92 Å². The predicted molar refractivity (Wildman–Crippen MR) is 136 cm³/mol. The van der Waals surface area contributed by atoms with E-state index in [-0.39, 0.29) is 17.2 Å². The lowest BCUT2D eigenvalue weighted by molar-refractivity contribution is -0.121. The van der Waals surface area contributed by atoms with Gasteiger partial charge in [-0.05, 0) is 61.8 Å². The van der Waals surface area contributed by atoms with E-state index in [4.69, 9.17) is 4.74 Å². The van der Waals surface area contributed by atoms with E-state index < -0.39 is 0 Å². The molecule has 1 amide bonds. The Labute approximate surface area is 206 Å². The van der Waals surface area contributed by atoms with E-state index in [1.807, 2.05) is 37.3 Å². The van der Waals surface area contributed by atoms with Gasteiger partial charge in [-0.15, -0.1) is 10.2 Å². The Morgan fingerprint density at radius 1 is 1.12 bits per heavy atom. The van der Waals surface area contributed by atoms with Crippen LogP contribution in [0.25, 0.3) is 0 Å². The molecule has 34 heavy (non-hydrogen) atoms. The number of nitrogens with one attached hydrogen (secondary N) is 1. The first-order chi connectivity index (χ1) is 16.5. The number of amides is 1. The van der Waals surface area contributed by atoms with Crippen molar-refractivity contribution in [1.82, 2.24) is 20.1 Å². The summed E-state index contributed by atoms with van der Waals surface area (Å²) in [4.78, 5) is 13.1. The molecule has 7 heteroatoms. The molecule has 0 aliphatic heterocycles. The predicted octanol–water partition coefficient (Wildman–Crippen LogP) is 5.58. The zero-order chi connectivity index (χ0) is 23.9. The lowest BCUT2D eigenvalue weighted by Gasteiger charge is -2.27. The summed E-state index contributed by atoms with van der Waals surface area (Å²) < 4.78 is 8.03. The molecule has 1 aliphatic carbocycles. The number of thioether (sulfide) groups is 1. The van der Waals surface area contributed by atoms with Gasteiger partial charge in [-0.3, -0.25) is 4.79 Å². The lowest BCUT2D eigenvalue weighted by Crippen LogP contribution is -2.36. The van der Waals surface area contributed by atoms with Crippen LogP contribution in [-0.4, -0.2) is 25.9 Å². The molecule has 0 saturated heterocycles. The molecule has 1 aliphatic rings. The third-order valence-electron chi connectivity index (χ3n) is 6.17. The van der Waals surface area contributed by atoms with Crippen molar-refractivity contribution in [2.45, 2.75) is 76.1 Å². The highest BCUT2D eigenvalue weighted by Gasteiger charge is 2.25. The minimum absolute atomic E-state index is 0.0344. The Balaban J connectivity index is 1.43. The van der Waals surface area contributed by atoms with Crippen LogP contribution in [0.4, 0.5) is 0 Å². The van der Waals surface area contributed by atoms with Gasteiger partial charge < -0.3 is 14.6 Å². The SMILES string of the molecule is CC(C)CCn1c(COc2ccccc2)nnc1SC(C)C(=O)NC1CCCc2ccccc21. The van der Waals surface area contributed by atoms with E-state index in [1.165, 1.54) is 22.9 Å². The smallest absolute Gasteiger partial charge is 0.233 e. The molecule has 1 heterocycles. The number of aromatic nitrogens is 3. The van der Waals surface area contributed by atoms with Crippen LogP contribution < -0.4 is 10.1 Å². The van der Waals surface area contributed by atoms with Gasteiger partial charge in [-0.2, -0.15) is 0 Å². The molecule has 0 bridgehead atoms. The molecule has 2 atom stereocenters. The monoisotopic (exact) mass is 478 g/mol. The van der Waals surface area contributed by atoms with Crippen molar-refractivity contribution in [2.75, 3.05) is 0 Å². The minimum atomic E-state index is -0.279. The van der Waals surface area contributed by atoms with Crippen LogP contribution in [0.3, 0.4) is 0 Å². The summed E-state index contributed by atoms with van der Waals surface area (Å²) in [6.45, 7) is 7.49. The van der Waals surface area contributed by atoms with Crippen LogP contribution in [0, 0.1) is 5.92 Å². The molecule has 1 aromatic heterocycles. The summed E-state index contributed by atoms with van der Waals surface area (Å²) in [5.74, 6) is 2.17. The van der Waals surface area contributed by atoms with Crippen molar-refractivity contribution in [3.63, 3.8) is 0 Å². The molecule has 0 spiro atoms. The van der Waals surface area contributed by atoms with Gasteiger partial charge in [-0.1, -0.05) is 68.1 Å². The number of benzene rings is 2. The molecular formula is C27H34N4O2S. The maximum atomic E-state index is 13.1. The Bertz CT molecular complexity index is 1080. The van der Waals surface area contributed by atoms with Crippen LogP contribution in [0.2, 0.25) is 0 Å². The van der Waals surface area contributed by atoms with Crippen molar-refractivity contribution in [3.8, 4) is 5.75 Å². The number of carbonyl (C=O) groups excluding carboxylic acids is 1. The van der Waals surface area contributed by atoms with Crippen LogP contribution >= 0.6 is 11.8 Å². The van der Waals surface area contributed by atoms with Crippen LogP contribution in [0.5, 0.6) is 5.75 Å². The number of hydrogen-bond donors (Lipinski definition) is 1. The number of rotatable bonds is 10. The zero-order valence-corrected chi connectivity index (χ0v) is 21.1. The van der Waals surface area contributed by atoms with Gasteiger partial charge in [-0.25, -0.2) is 0 Å². The summed E-state index contributed by atoms with van der Waals surface area (Å²) in [6, 6.07) is 18.2. The van der Waals surface area contributed by atoms with Gasteiger partial charge in [0.15, 0.2) is 11.0 Å². The second-order valence-corrected chi connectivity index (χ2v) is 10.6. The van der Waals surface area contributed by atoms with Gasteiger partial charge in [0.1, 0.15) is 12.4 Å². The van der Waals surface area contributed by atoms with E-state index in [0.717, 1.165) is 49.0 Å². The zero-order valence-electron chi connectivity index (χ0n) is 20.2. The van der Waals surface area contributed by atoms with Crippen molar-refractivity contribution in [1.29, 1.82) is 0 Å². The summed E-state index contributed by atoms with van der Waals surface area (Å²) in [5, 5.41) is 12.6. The van der Waals surface area contributed by atoms with Gasteiger partial charge in [0.25, 0.3) is 0 Å². The highest BCUT2D eigenvalue weighted by molar-refractivity contribution is 8.00. The second-order valence-electron chi connectivity index (χ2n) is 9.25. The Morgan fingerprint density at radius 2 is 1.88 bits per heavy atom. The molecule has 180 valence electrons. The number of ether oxygens (including phenoxy) is 1.